The topological polar surface area (TPSA) is 45.9 Å². The lowest BCUT2D eigenvalue weighted by Gasteiger charge is -2.36. The molecule has 0 bridgehead atoms. The van der Waals surface area contributed by atoms with Crippen LogP contribution in [0, 0.1) is 6.92 Å². The molecule has 0 radical (unpaired) electrons. The van der Waals surface area contributed by atoms with Crippen molar-refractivity contribution in [1.29, 1.82) is 0 Å². The normalized spacial score (nSPS) is 15.4. The highest BCUT2D eigenvalue weighted by atomic mass is 35.5. The van der Waals surface area contributed by atoms with Crippen molar-refractivity contribution in [3.8, 4) is 0 Å². The Morgan fingerprint density at radius 1 is 1.24 bits per heavy atom. The first kappa shape index (κ1) is 17.8. The van der Waals surface area contributed by atoms with Crippen LogP contribution in [0.15, 0.2) is 34.9 Å². The summed E-state index contributed by atoms with van der Waals surface area (Å²) < 4.78 is 10.6. The molecule has 2 aromatic rings. The summed E-state index contributed by atoms with van der Waals surface area (Å²) in [6.45, 7) is 8.50. The third kappa shape index (κ3) is 4.17. The Kier molecular flexibility index (Phi) is 5.66. The van der Waals surface area contributed by atoms with E-state index in [-0.39, 0.29) is 5.97 Å². The summed E-state index contributed by atoms with van der Waals surface area (Å²) >= 11 is 6.14. The summed E-state index contributed by atoms with van der Waals surface area (Å²) in [5, 5.41) is 0.762. The molecule has 1 aliphatic rings. The molecule has 0 unspecified atom stereocenters. The molecule has 1 aromatic carbocycles. The standard InChI is InChI=1S/C19H23ClN2O3/c1-3-24-19(23)16-6-11-25-18(16)13-21-7-9-22(10-8-21)17-12-15(20)5-4-14(17)2/h4-6,11-12H,3,7-10,13H2,1-2H3. The predicted octanol–water partition coefficient (Wildman–Crippen LogP) is 3.74. The Morgan fingerprint density at radius 3 is 2.72 bits per heavy atom. The molecule has 25 heavy (non-hydrogen) atoms. The van der Waals surface area contributed by atoms with Crippen LogP contribution in [0.1, 0.15) is 28.6 Å². The first-order valence-electron chi connectivity index (χ1n) is 8.55. The van der Waals surface area contributed by atoms with Gasteiger partial charge in [0.15, 0.2) is 0 Å². The van der Waals surface area contributed by atoms with Crippen molar-refractivity contribution >= 4 is 23.3 Å². The molecule has 134 valence electrons. The zero-order valence-corrected chi connectivity index (χ0v) is 15.4. The van der Waals surface area contributed by atoms with Crippen LogP contribution in [0.3, 0.4) is 0 Å². The summed E-state index contributed by atoms with van der Waals surface area (Å²) in [6.07, 6.45) is 1.55. The SMILES string of the molecule is CCOC(=O)c1ccoc1CN1CCN(c2cc(Cl)ccc2C)CC1. The highest BCUT2D eigenvalue weighted by Crippen LogP contribution is 2.26. The molecule has 0 saturated carbocycles. The lowest BCUT2D eigenvalue weighted by molar-refractivity contribution is 0.0522. The summed E-state index contributed by atoms with van der Waals surface area (Å²) in [5.41, 5.74) is 2.95. The smallest absolute Gasteiger partial charge is 0.341 e. The second-order valence-electron chi connectivity index (χ2n) is 6.17. The van der Waals surface area contributed by atoms with Crippen molar-refractivity contribution < 1.29 is 13.9 Å². The Hall–Kier alpha value is -1.98. The average Bonchev–Trinajstić information content (AvgIpc) is 3.06. The summed E-state index contributed by atoms with van der Waals surface area (Å²) in [5.74, 6) is 0.352. The van der Waals surface area contributed by atoms with Crippen LogP contribution in [0.25, 0.3) is 0 Å². The molecule has 1 aromatic heterocycles. The van der Waals surface area contributed by atoms with Gasteiger partial charge in [-0.05, 0) is 37.6 Å². The number of benzene rings is 1. The van der Waals surface area contributed by atoms with Gasteiger partial charge in [-0.2, -0.15) is 0 Å². The molecule has 1 saturated heterocycles. The second kappa shape index (κ2) is 7.93. The van der Waals surface area contributed by atoms with Crippen LogP contribution in [-0.4, -0.2) is 43.7 Å². The third-order valence-corrected chi connectivity index (χ3v) is 4.73. The molecular formula is C19H23ClN2O3. The predicted molar refractivity (Wildman–Crippen MR) is 98.3 cm³/mol. The van der Waals surface area contributed by atoms with Crippen molar-refractivity contribution in [1.82, 2.24) is 4.90 Å². The number of hydrogen-bond acceptors (Lipinski definition) is 5. The summed E-state index contributed by atoms with van der Waals surface area (Å²) in [4.78, 5) is 16.6. The number of carbonyl (C=O) groups excluding carboxylic acids is 1. The number of halogens is 1. The fourth-order valence-corrected chi connectivity index (χ4v) is 3.29. The molecule has 0 amide bonds. The van der Waals surface area contributed by atoms with E-state index < -0.39 is 0 Å². The molecule has 0 N–H and O–H groups in total. The van der Waals surface area contributed by atoms with Crippen LogP contribution in [0.2, 0.25) is 5.02 Å². The number of furan rings is 1. The van der Waals surface area contributed by atoms with E-state index in [1.54, 1.807) is 19.3 Å². The van der Waals surface area contributed by atoms with Gasteiger partial charge in [0.05, 0.1) is 19.4 Å². The minimum atomic E-state index is -0.320. The Balaban J connectivity index is 1.61. The third-order valence-electron chi connectivity index (χ3n) is 4.49. The fourth-order valence-electron chi connectivity index (χ4n) is 3.13. The van der Waals surface area contributed by atoms with Crippen molar-refractivity contribution in [3.63, 3.8) is 0 Å². The Morgan fingerprint density at radius 2 is 2.00 bits per heavy atom. The molecule has 1 fully saturated rings. The van der Waals surface area contributed by atoms with Gasteiger partial charge in [-0.1, -0.05) is 17.7 Å². The Bertz CT molecular complexity index is 736. The summed E-state index contributed by atoms with van der Waals surface area (Å²) in [7, 11) is 0. The molecule has 2 heterocycles. The van der Waals surface area contributed by atoms with Crippen LogP contribution in [0.4, 0.5) is 5.69 Å². The maximum absolute atomic E-state index is 12.0. The number of aryl methyl sites for hydroxylation is 1. The number of carbonyl (C=O) groups is 1. The van der Waals surface area contributed by atoms with E-state index in [1.807, 2.05) is 12.1 Å². The molecule has 0 spiro atoms. The van der Waals surface area contributed by atoms with Crippen LogP contribution < -0.4 is 4.90 Å². The first-order valence-corrected chi connectivity index (χ1v) is 8.93. The van der Waals surface area contributed by atoms with E-state index in [1.165, 1.54) is 11.3 Å². The van der Waals surface area contributed by atoms with E-state index in [9.17, 15) is 4.79 Å². The zero-order chi connectivity index (χ0) is 17.8. The van der Waals surface area contributed by atoms with Gasteiger partial charge >= 0.3 is 5.97 Å². The lowest BCUT2D eigenvalue weighted by atomic mass is 10.1. The molecule has 0 atom stereocenters. The van der Waals surface area contributed by atoms with E-state index >= 15 is 0 Å². The van der Waals surface area contributed by atoms with Gasteiger partial charge in [-0.15, -0.1) is 0 Å². The van der Waals surface area contributed by atoms with Gasteiger partial charge in [-0.3, -0.25) is 4.90 Å². The van der Waals surface area contributed by atoms with Crippen molar-refractivity contribution in [2.45, 2.75) is 20.4 Å². The molecule has 1 aliphatic heterocycles. The van der Waals surface area contributed by atoms with Gasteiger partial charge < -0.3 is 14.1 Å². The average molecular weight is 363 g/mol. The van der Waals surface area contributed by atoms with Gasteiger partial charge in [0.25, 0.3) is 0 Å². The Labute approximate surface area is 153 Å². The number of anilines is 1. The molecule has 3 rings (SSSR count). The van der Waals surface area contributed by atoms with Crippen LogP contribution in [0.5, 0.6) is 0 Å². The molecule has 5 nitrogen and oxygen atoms in total. The number of rotatable bonds is 5. The van der Waals surface area contributed by atoms with E-state index in [2.05, 4.69) is 22.8 Å². The molecule has 6 heteroatoms. The second-order valence-corrected chi connectivity index (χ2v) is 6.61. The van der Waals surface area contributed by atoms with Gasteiger partial charge in [0.2, 0.25) is 0 Å². The first-order chi connectivity index (χ1) is 12.1. The number of nitrogens with zero attached hydrogens (tertiary/aromatic N) is 2. The fraction of sp³-hybridized carbons (Fsp3) is 0.421. The van der Waals surface area contributed by atoms with Gasteiger partial charge in [-0.25, -0.2) is 4.79 Å². The maximum Gasteiger partial charge on any atom is 0.341 e. The lowest BCUT2D eigenvalue weighted by Crippen LogP contribution is -2.46. The minimum Gasteiger partial charge on any atom is -0.467 e. The highest BCUT2D eigenvalue weighted by molar-refractivity contribution is 6.30. The van der Waals surface area contributed by atoms with E-state index in [0.29, 0.717) is 24.5 Å². The number of piperazine rings is 1. The van der Waals surface area contributed by atoms with Crippen LogP contribution >= 0.6 is 11.6 Å². The van der Waals surface area contributed by atoms with Crippen molar-refractivity contribution in [2.24, 2.45) is 0 Å². The van der Waals surface area contributed by atoms with Gasteiger partial charge in [0.1, 0.15) is 11.3 Å². The van der Waals surface area contributed by atoms with E-state index in [0.717, 1.165) is 31.2 Å². The summed E-state index contributed by atoms with van der Waals surface area (Å²) in [6, 6.07) is 7.68. The quantitative estimate of drug-likeness (QED) is 0.758. The number of esters is 1. The van der Waals surface area contributed by atoms with Crippen molar-refractivity contribution in [3.05, 3.63) is 52.4 Å². The van der Waals surface area contributed by atoms with Gasteiger partial charge in [0, 0.05) is 36.9 Å². The molecule has 0 aliphatic carbocycles. The minimum absolute atomic E-state index is 0.320. The monoisotopic (exact) mass is 362 g/mol. The maximum atomic E-state index is 12.0. The zero-order valence-electron chi connectivity index (χ0n) is 14.6. The van der Waals surface area contributed by atoms with E-state index in [4.69, 9.17) is 20.8 Å². The largest absolute Gasteiger partial charge is 0.467 e. The van der Waals surface area contributed by atoms with Crippen LogP contribution in [-0.2, 0) is 11.3 Å². The number of ether oxygens (including phenoxy) is 1. The highest BCUT2D eigenvalue weighted by Gasteiger charge is 2.22. The molecular weight excluding hydrogens is 340 g/mol. The number of hydrogen-bond donors (Lipinski definition) is 0. The van der Waals surface area contributed by atoms with Crippen molar-refractivity contribution in [2.75, 3.05) is 37.7 Å².